The summed E-state index contributed by atoms with van der Waals surface area (Å²) in [4.78, 5) is 1.82. The molecule has 1 fully saturated rings. The van der Waals surface area contributed by atoms with Gasteiger partial charge in [0, 0.05) is 36.3 Å². The number of hydrogen-bond acceptors (Lipinski definition) is 5. The zero-order valence-corrected chi connectivity index (χ0v) is 13.6. The summed E-state index contributed by atoms with van der Waals surface area (Å²) in [6.07, 6.45) is 2.04. The van der Waals surface area contributed by atoms with E-state index in [2.05, 4.69) is 4.72 Å². The molecule has 0 unspecified atom stereocenters. The van der Waals surface area contributed by atoms with Gasteiger partial charge in [0.25, 0.3) is 0 Å². The second-order valence-electron chi connectivity index (χ2n) is 5.98. The quantitative estimate of drug-likeness (QED) is 0.736. The average Bonchev–Trinajstić information content (AvgIpc) is 2.91. The van der Waals surface area contributed by atoms with Crippen LogP contribution >= 0.6 is 0 Å². The van der Waals surface area contributed by atoms with Crippen LogP contribution < -0.4 is 4.72 Å². The van der Waals surface area contributed by atoms with E-state index in [1.54, 1.807) is 23.1 Å². The molecule has 1 aliphatic heterocycles. The Morgan fingerprint density at radius 3 is 2.71 bits per heavy atom. The minimum absolute atomic E-state index is 0.179. The number of para-hydroxylation sites is 1. The van der Waals surface area contributed by atoms with Crippen LogP contribution in [0.2, 0.25) is 0 Å². The lowest BCUT2D eigenvalue weighted by Crippen LogP contribution is -2.48. The van der Waals surface area contributed by atoms with Gasteiger partial charge >= 0.3 is 0 Å². The maximum atomic E-state index is 12.5. The molecule has 24 heavy (non-hydrogen) atoms. The van der Waals surface area contributed by atoms with Crippen LogP contribution in [0.3, 0.4) is 0 Å². The topological polar surface area (TPSA) is 86.3 Å². The molecule has 2 aromatic carbocycles. The maximum Gasteiger partial charge on any atom is 0.240 e. The highest BCUT2D eigenvalue weighted by molar-refractivity contribution is 7.89. The average molecular weight is 341 g/mol. The van der Waals surface area contributed by atoms with Crippen molar-refractivity contribution in [3.8, 4) is 6.19 Å². The summed E-state index contributed by atoms with van der Waals surface area (Å²) in [6.45, 7) is 1.54. The molecule has 1 N–H and O–H groups in total. The molecule has 0 spiro atoms. The number of furan rings is 1. The van der Waals surface area contributed by atoms with Gasteiger partial charge in [-0.1, -0.05) is 18.2 Å². The SMILES string of the molecule is N#CN1CC(CNS(=O)(=O)c2ccc3oc4ccccc4c3c2)C1. The van der Waals surface area contributed by atoms with E-state index < -0.39 is 10.0 Å². The summed E-state index contributed by atoms with van der Waals surface area (Å²) in [5.74, 6) is 0.179. The van der Waals surface area contributed by atoms with Crippen molar-refractivity contribution in [3.05, 3.63) is 42.5 Å². The van der Waals surface area contributed by atoms with Gasteiger partial charge in [-0.2, -0.15) is 5.26 Å². The van der Waals surface area contributed by atoms with E-state index in [0.717, 1.165) is 16.4 Å². The number of nitriles is 1. The van der Waals surface area contributed by atoms with Crippen LogP contribution in [-0.2, 0) is 10.0 Å². The highest BCUT2D eigenvalue weighted by Crippen LogP contribution is 2.30. The van der Waals surface area contributed by atoms with Gasteiger partial charge in [-0.25, -0.2) is 13.1 Å². The van der Waals surface area contributed by atoms with Crippen LogP contribution in [0.5, 0.6) is 0 Å². The molecule has 0 saturated carbocycles. The van der Waals surface area contributed by atoms with Crippen LogP contribution in [0.15, 0.2) is 51.8 Å². The number of fused-ring (bicyclic) bond motifs is 3. The Morgan fingerprint density at radius 2 is 1.92 bits per heavy atom. The van der Waals surface area contributed by atoms with E-state index in [0.29, 0.717) is 25.2 Å². The monoisotopic (exact) mass is 341 g/mol. The van der Waals surface area contributed by atoms with Crippen LogP contribution in [0, 0.1) is 17.4 Å². The molecule has 7 heteroatoms. The maximum absolute atomic E-state index is 12.5. The predicted octanol–water partition coefficient (Wildman–Crippen LogP) is 2.28. The fraction of sp³-hybridized carbons (Fsp3) is 0.235. The summed E-state index contributed by atoms with van der Waals surface area (Å²) in [5.41, 5.74) is 1.40. The summed E-state index contributed by atoms with van der Waals surface area (Å²) in [5, 5.41) is 10.4. The Labute approximate surface area is 139 Å². The van der Waals surface area contributed by atoms with Crippen LogP contribution in [0.4, 0.5) is 0 Å². The van der Waals surface area contributed by atoms with Gasteiger partial charge in [-0.15, -0.1) is 0 Å². The molecule has 2 heterocycles. The Hall–Kier alpha value is -2.56. The number of likely N-dealkylation sites (tertiary alicyclic amines) is 1. The zero-order chi connectivity index (χ0) is 16.7. The van der Waals surface area contributed by atoms with Crippen molar-refractivity contribution >= 4 is 32.0 Å². The molecule has 1 saturated heterocycles. The number of nitrogens with zero attached hydrogens (tertiary/aromatic N) is 2. The molecule has 0 atom stereocenters. The Bertz CT molecular complexity index is 1060. The molecule has 4 rings (SSSR count). The van der Waals surface area contributed by atoms with Gasteiger partial charge in [0.05, 0.1) is 4.90 Å². The third kappa shape index (κ3) is 2.50. The Kier molecular flexibility index (Phi) is 3.44. The predicted molar refractivity (Wildman–Crippen MR) is 89.6 cm³/mol. The third-order valence-corrected chi connectivity index (χ3v) is 5.74. The minimum Gasteiger partial charge on any atom is -0.456 e. The van der Waals surface area contributed by atoms with Crippen molar-refractivity contribution < 1.29 is 12.8 Å². The smallest absolute Gasteiger partial charge is 0.240 e. The van der Waals surface area contributed by atoms with Gasteiger partial charge in [-0.05, 0) is 24.3 Å². The van der Waals surface area contributed by atoms with Gasteiger partial charge < -0.3 is 9.32 Å². The van der Waals surface area contributed by atoms with Crippen molar-refractivity contribution in [1.82, 2.24) is 9.62 Å². The fourth-order valence-electron chi connectivity index (χ4n) is 2.96. The molecule has 6 nitrogen and oxygen atoms in total. The van der Waals surface area contributed by atoms with Crippen molar-refractivity contribution in [2.45, 2.75) is 4.90 Å². The van der Waals surface area contributed by atoms with Crippen molar-refractivity contribution in [1.29, 1.82) is 5.26 Å². The molecule has 3 aromatic rings. The Morgan fingerprint density at radius 1 is 1.17 bits per heavy atom. The van der Waals surface area contributed by atoms with E-state index in [1.807, 2.05) is 30.5 Å². The van der Waals surface area contributed by atoms with Gasteiger partial charge in [0.15, 0.2) is 6.19 Å². The van der Waals surface area contributed by atoms with Crippen molar-refractivity contribution in [3.63, 3.8) is 0 Å². The summed E-state index contributed by atoms with van der Waals surface area (Å²) in [7, 11) is -3.59. The van der Waals surface area contributed by atoms with Crippen molar-refractivity contribution in [2.75, 3.05) is 19.6 Å². The van der Waals surface area contributed by atoms with E-state index in [9.17, 15) is 8.42 Å². The summed E-state index contributed by atoms with van der Waals surface area (Å²) in [6, 6.07) is 12.4. The van der Waals surface area contributed by atoms with E-state index in [4.69, 9.17) is 9.68 Å². The van der Waals surface area contributed by atoms with E-state index >= 15 is 0 Å². The number of sulfonamides is 1. The normalized spacial score (nSPS) is 15.5. The highest BCUT2D eigenvalue weighted by Gasteiger charge is 2.27. The van der Waals surface area contributed by atoms with Crippen LogP contribution in [-0.4, -0.2) is 33.0 Å². The standard InChI is InChI=1S/C17H15N3O3S/c18-11-20-9-12(10-20)8-19-24(21,22)13-5-6-17-15(7-13)14-3-1-2-4-16(14)23-17/h1-7,12,19H,8-10H2. The second kappa shape index (κ2) is 5.51. The molecule has 0 amide bonds. The number of nitrogens with one attached hydrogen (secondary N) is 1. The third-order valence-electron chi connectivity index (χ3n) is 4.32. The lowest BCUT2D eigenvalue weighted by molar-refractivity contribution is 0.174. The number of rotatable bonds is 4. The lowest BCUT2D eigenvalue weighted by Gasteiger charge is -2.34. The molecule has 122 valence electrons. The second-order valence-corrected chi connectivity index (χ2v) is 7.75. The fourth-order valence-corrected chi connectivity index (χ4v) is 4.11. The Balaban J connectivity index is 1.60. The summed E-state index contributed by atoms with van der Waals surface area (Å²) < 4.78 is 33.4. The number of hydrogen-bond donors (Lipinski definition) is 1. The van der Waals surface area contributed by atoms with Gasteiger partial charge in [0.2, 0.25) is 10.0 Å². The van der Waals surface area contributed by atoms with Crippen LogP contribution in [0.1, 0.15) is 0 Å². The molecule has 1 aromatic heterocycles. The van der Waals surface area contributed by atoms with Crippen LogP contribution in [0.25, 0.3) is 21.9 Å². The molecule has 0 bridgehead atoms. The largest absolute Gasteiger partial charge is 0.456 e. The van der Waals surface area contributed by atoms with E-state index in [-0.39, 0.29) is 10.8 Å². The molecule has 0 aliphatic carbocycles. The first-order valence-corrected chi connectivity index (χ1v) is 9.11. The van der Waals surface area contributed by atoms with E-state index in [1.165, 1.54) is 0 Å². The van der Waals surface area contributed by atoms with Crippen molar-refractivity contribution in [2.24, 2.45) is 5.92 Å². The lowest BCUT2D eigenvalue weighted by atomic mass is 10.0. The molecular weight excluding hydrogens is 326 g/mol. The summed E-state index contributed by atoms with van der Waals surface area (Å²) >= 11 is 0. The first kappa shape index (κ1) is 15.0. The minimum atomic E-state index is -3.59. The molecule has 0 radical (unpaired) electrons. The number of benzene rings is 2. The zero-order valence-electron chi connectivity index (χ0n) is 12.8. The highest BCUT2D eigenvalue weighted by atomic mass is 32.2. The molecule has 1 aliphatic rings. The van der Waals surface area contributed by atoms with Gasteiger partial charge in [-0.3, -0.25) is 0 Å². The first-order chi connectivity index (χ1) is 11.6. The molecular formula is C17H15N3O3S. The first-order valence-electron chi connectivity index (χ1n) is 7.62. The van der Waals surface area contributed by atoms with Gasteiger partial charge in [0.1, 0.15) is 11.2 Å².